The van der Waals surface area contributed by atoms with E-state index in [2.05, 4.69) is 37.0 Å². The van der Waals surface area contributed by atoms with Gasteiger partial charge in [0.25, 0.3) is 0 Å². The number of aromatic nitrogens is 1. The summed E-state index contributed by atoms with van der Waals surface area (Å²) in [6.45, 7) is 6.14. The summed E-state index contributed by atoms with van der Waals surface area (Å²) in [6.07, 6.45) is 1.72. The molecule has 1 N–H and O–H groups in total. The molecular formula is C18H17NOS. The zero-order valence-corrected chi connectivity index (χ0v) is 13.2. The van der Waals surface area contributed by atoms with E-state index in [-0.39, 0.29) is 5.75 Å². The zero-order valence-electron chi connectivity index (χ0n) is 12.3. The van der Waals surface area contributed by atoms with E-state index in [1.807, 2.05) is 25.1 Å². The van der Waals surface area contributed by atoms with Gasteiger partial charge in [0.1, 0.15) is 11.3 Å². The molecule has 0 atom stereocenters. The number of phenols is 1. The average Bonchev–Trinajstić information content (AvgIpc) is 2.47. The second kappa shape index (κ2) is 5.41. The lowest BCUT2D eigenvalue weighted by Gasteiger charge is -2.11. The molecule has 0 unspecified atom stereocenters. The molecule has 0 amide bonds. The van der Waals surface area contributed by atoms with E-state index in [4.69, 9.17) is 0 Å². The molecule has 1 aromatic heterocycles. The number of rotatable bonds is 2. The highest BCUT2D eigenvalue weighted by atomic mass is 32.2. The first-order valence-electron chi connectivity index (χ1n) is 6.88. The molecule has 0 saturated carbocycles. The third-order valence-electron chi connectivity index (χ3n) is 3.57. The van der Waals surface area contributed by atoms with E-state index < -0.39 is 0 Å². The second-order valence-electron chi connectivity index (χ2n) is 5.31. The topological polar surface area (TPSA) is 33.1 Å². The summed E-state index contributed by atoms with van der Waals surface area (Å²) in [5.41, 5.74) is 4.06. The summed E-state index contributed by atoms with van der Waals surface area (Å²) in [6, 6.07) is 12.4. The number of hydrogen-bond donors (Lipinski definition) is 1. The molecule has 3 heteroatoms. The highest BCUT2D eigenvalue weighted by Crippen LogP contribution is 2.39. The maximum Gasteiger partial charge on any atom is 0.144 e. The van der Waals surface area contributed by atoms with Crippen molar-refractivity contribution in [3.8, 4) is 5.75 Å². The molecule has 106 valence electrons. The van der Waals surface area contributed by atoms with Crippen LogP contribution in [0.2, 0.25) is 0 Å². The van der Waals surface area contributed by atoms with Crippen LogP contribution in [0.4, 0.5) is 0 Å². The first-order valence-corrected chi connectivity index (χ1v) is 7.70. The molecule has 0 aliphatic rings. The molecule has 1 heterocycles. The summed E-state index contributed by atoms with van der Waals surface area (Å²) in [7, 11) is 0. The Balaban J connectivity index is 2.14. The molecule has 0 radical (unpaired) electrons. The van der Waals surface area contributed by atoms with E-state index in [9.17, 15) is 5.11 Å². The molecule has 0 bridgehead atoms. The average molecular weight is 295 g/mol. The van der Waals surface area contributed by atoms with Gasteiger partial charge >= 0.3 is 0 Å². The van der Waals surface area contributed by atoms with Gasteiger partial charge in [-0.1, -0.05) is 29.5 Å². The Bertz CT molecular complexity index is 827. The zero-order chi connectivity index (χ0) is 15.0. The summed E-state index contributed by atoms with van der Waals surface area (Å²) in [5.74, 6) is 0.274. The van der Waals surface area contributed by atoms with Crippen molar-refractivity contribution in [3.63, 3.8) is 0 Å². The minimum Gasteiger partial charge on any atom is -0.505 e. The summed E-state index contributed by atoms with van der Waals surface area (Å²) < 4.78 is 0. The minimum atomic E-state index is 0.274. The number of pyridine rings is 1. The van der Waals surface area contributed by atoms with Gasteiger partial charge < -0.3 is 5.11 Å². The lowest BCUT2D eigenvalue weighted by molar-refractivity contribution is 0.476. The number of aromatic hydroxyl groups is 1. The third kappa shape index (κ3) is 2.61. The number of aryl methyl sites for hydroxylation is 3. The monoisotopic (exact) mass is 295 g/mol. The van der Waals surface area contributed by atoms with E-state index in [1.165, 1.54) is 16.0 Å². The van der Waals surface area contributed by atoms with E-state index in [1.54, 1.807) is 18.0 Å². The Morgan fingerprint density at radius 3 is 2.52 bits per heavy atom. The molecule has 0 spiro atoms. The maximum atomic E-state index is 10.2. The molecule has 0 aliphatic carbocycles. The Morgan fingerprint density at radius 2 is 1.76 bits per heavy atom. The van der Waals surface area contributed by atoms with Crippen LogP contribution in [0.5, 0.6) is 5.75 Å². The van der Waals surface area contributed by atoms with Gasteiger partial charge in [0, 0.05) is 21.4 Å². The number of nitrogens with zero attached hydrogens (tertiary/aromatic N) is 1. The minimum absolute atomic E-state index is 0.274. The Morgan fingerprint density at radius 1 is 0.952 bits per heavy atom. The van der Waals surface area contributed by atoms with Crippen molar-refractivity contribution in [2.24, 2.45) is 0 Å². The van der Waals surface area contributed by atoms with Crippen molar-refractivity contribution in [1.29, 1.82) is 0 Å². The van der Waals surface area contributed by atoms with Gasteiger partial charge in [0.15, 0.2) is 0 Å². The quantitative estimate of drug-likeness (QED) is 0.721. The van der Waals surface area contributed by atoms with E-state index in [0.29, 0.717) is 5.52 Å². The van der Waals surface area contributed by atoms with Gasteiger partial charge in [-0.05, 0) is 56.2 Å². The molecule has 0 aliphatic heterocycles. The van der Waals surface area contributed by atoms with Gasteiger partial charge in [-0.15, -0.1) is 0 Å². The van der Waals surface area contributed by atoms with Crippen LogP contribution in [-0.4, -0.2) is 10.1 Å². The third-order valence-corrected chi connectivity index (χ3v) is 4.80. The number of hydrogen-bond acceptors (Lipinski definition) is 3. The normalized spacial score (nSPS) is 11.0. The number of benzene rings is 2. The SMILES string of the molecule is Cc1ccc(Sc2cc(C)c(O)c3ncccc23)c(C)c1. The van der Waals surface area contributed by atoms with E-state index in [0.717, 1.165) is 15.8 Å². The van der Waals surface area contributed by atoms with Crippen molar-refractivity contribution in [3.05, 3.63) is 59.3 Å². The molecule has 0 fully saturated rings. The fraction of sp³-hybridized carbons (Fsp3) is 0.167. The Kier molecular flexibility index (Phi) is 3.60. The predicted octanol–water partition coefficient (Wildman–Crippen LogP) is 5.02. The molecule has 21 heavy (non-hydrogen) atoms. The number of phenolic OH excluding ortho intramolecular Hbond substituents is 1. The van der Waals surface area contributed by atoms with Crippen LogP contribution >= 0.6 is 11.8 Å². The lowest BCUT2D eigenvalue weighted by Crippen LogP contribution is -1.87. The summed E-state index contributed by atoms with van der Waals surface area (Å²) in [5, 5.41) is 11.2. The van der Waals surface area contributed by atoms with Crippen molar-refractivity contribution < 1.29 is 5.11 Å². The Hall–Kier alpha value is -2.00. The van der Waals surface area contributed by atoms with Gasteiger partial charge in [-0.2, -0.15) is 0 Å². The highest BCUT2D eigenvalue weighted by molar-refractivity contribution is 7.99. The van der Waals surface area contributed by atoms with Crippen LogP contribution in [0, 0.1) is 20.8 Å². The smallest absolute Gasteiger partial charge is 0.144 e. The first-order chi connectivity index (χ1) is 10.1. The van der Waals surface area contributed by atoms with Crippen molar-refractivity contribution in [1.82, 2.24) is 4.98 Å². The van der Waals surface area contributed by atoms with Gasteiger partial charge in [0.2, 0.25) is 0 Å². The van der Waals surface area contributed by atoms with Crippen LogP contribution in [0.15, 0.2) is 52.4 Å². The summed E-state index contributed by atoms with van der Waals surface area (Å²) in [4.78, 5) is 6.67. The molecule has 3 aromatic rings. The molecule has 2 nitrogen and oxygen atoms in total. The fourth-order valence-electron chi connectivity index (χ4n) is 2.44. The molecular weight excluding hydrogens is 278 g/mol. The van der Waals surface area contributed by atoms with Crippen molar-refractivity contribution in [2.75, 3.05) is 0 Å². The standard InChI is InChI=1S/C18H17NOS/c1-11-6-7-15(12(2)9-11)21-16-10-13(3)18(20)17-14(16)5-4-8-19-17/h4-10,20H,1-3H3. The van der Waals surface area contributed by atoms with Gasteiger partial charge in [-0.25, -0.2) is 0 Å². The second-order valence-corrected chi connectivity index (χ2v) is 6.39. The first kappa shape index (κ1) is 14.0. The predicted molar refractivity (Wildman–Crippen MR) is 88.2 cm³/mol. The van der Waals surface area contributed by atoms with Crippen LogP contribution in [-0.2, 0) is 0 Å². The highest BCUT2D eigenvalue weighted by Gasteiger charge is 2.11. The van der Waals surface area contributed by atoms with Crippen molar-refractivity contribution in [2.45, 2.75) is 30.6 Å². The maximum absolute atomic E-state index is 10.2. The van der Waals surface area contributed by atoms with Gasteiger partial charge in [0.05, 0.1) is 0 Å². The molecule has 0 saturated heterocycles. The fourth-order valence-corrected chi connectivity index (χ4v) is 3.54. The Labute approximate surface area is 128 Å². The van der Waals surface area contributed by atoms with Gasteiger partial charge in [-0.3, -0.25) is 4.98 Å². The van der Waals surface area contributed by atoms with Crippen LogP contribution in [0.3, 0.4) is 0 Å². The molecule has 3 rings (SSSR count). The summed E-state index contributed by atoms with van der Waals surface area (Å²) >= 11 is 1.72. The van der Waals surface area contributed by atoms with Crippen LogP contribution < -0.4 is 0 Å². The largest absolute Gasteiger partial charge is 0.505 e. The number of fused-ring (bicyclic) bond motifs is 1. The van der Waals surface area contributed by atoms with Crippen LogP contribution in [0.25, 0.3) is 10.9 Å². The van der Waals surface area contributed by atoms with Crippen molar-refractivity contribution >= 4 is 22.7 Å². The van der Waals surface area contributed by atoms with Crippen LogP contribution in [0.1, 0.15) is 16.7 Å². The molecule has 2 aromatic carbocycles. The van der Waals surface area contributed by atoms with E-state index >= 15 is 0 Å². The lowest BCUT2D eigenvalue weighted by atomic mass is 10.1.